The molecule has 0 aliphatic heterocycles. The standard InChI is InChI=1S/C27H27N7O7/c1-15(24(38)30-18(14-35)11-23(36)37)34-26(40)21(13-33(2)27(34)41)32-25(39)16-7-9-17(10-8-16)29-22-12-28-19-5-3-4-6-20(19)31-22/h3-10,12-13,15,18,35H,11,14H2,1-2H3,(H,29,31)(H,30,38)(H,32,39)(H,36,37)/t15-,18+/m1/s1. The predicted octanol–water partition coefficient (Wildman–Crippen LogP) is 0.999. The van der Waals surface area contributed by atoms with Gasteiger partial charge in [0.1, 0.15) is 17.5 Å². The van der Waals surface area contributed by atoms with Gasteiger partial charge in [0.25, 0.3) is 11.5 Å². The quantitative estimate of drug-likeness (QED) is 0.186. The fourth-order valence-electron chi connectivity index (χ4n) is 3.99. The number of carbonyl (C=O) groups is 3. The molecule has 0 aliphatic rings. The second kappa shape index (κ2) is 12.2. The van der Waals surface area contributed by atoms with E-state index in [1.807, 2.05) is 24.3 Å². The maximum Gasteiger partial charge on any atom is 0.331 e. The molecule has 0 spiro atoms. The number of benzene rings is 2. The Morgan fingerprint density at radius 2 is 1.71 bits per heavy atom. The fourth-order valence-corrected chi connectivity index (χ4v) is 3.99. The highest BCUT2D eigenvalue weighted by molar-refractivity contribution is 6.04. The maximum atomic E-state index is 13.1. The molecule has 0 unspecified atom stereocenters. The summed E-state index contributed by atoms with van der Waals surface area (Å²) in [6.07, 6.45) is 2.17. The minimum atomic E-state index is -1.37. The number of nitrogens with one attached hydrogen (secondary N) is 3. The van der Waals surface area contributed by atoms with Crippen molar-refractivity contribution in [3.05, 3.63) is 87.3 Å². The van der Waals surface area contributed by atoms with Crippen LogP contribution in [-0.2, 0) is 16.6 Å². The summed E-state index contributed by atoms with van der Waals surface area (Å²) in [5, 5.41) is 26.1. The number of aryl methyl sites for hydroxylation is 1. The van der Waals surface area contributed by atoms with Gasteiger partial charge in [0.2, 0.25) is 5.91 Å². The molecule has 4 aromatic rings. The number of carboxylic acid groups (broad SMARTS) is 1. The number of hydrogen-bond acceptors (Lipinski definition) is 9. The van der Waals surface area contributed by atoms with Gasteiger partial charge in [0.15, 0.2) is 0 Å². The van der Waals surface area contributed by atoms with Crippen molar-refractivity contribution in [2.24, 2.45) is 7.05 Å². The molecular formula is C27H27N7O7. The van der Waals surface area contributed by atoms with Crippen LogP contribution in [0.5, 0.6) is 0 Å². The van der Waals surface area contributed by atoms with Crippen molar-refractivity contribution in [2.75, 3.05) is 17.2 Å². The van der Waals surface area contributed by atoms with E-state index in [9.17, 15) is 29.1 Å². The largest absolute Gasteiger partial charge is 0.481 e. The van der Waals surface area contributed by atoms with Crippen molar-refractivity contribution in [1.29, 1.82) is 0 Å². The van der Waals surface area contributed by atoms with E-state index >= 15 is 0 Å². The van der Waals surface area contributed by atoms with Gasteiger partial charge < -0.3 is 30.7 Å². The van der Waals surface area contributed by atoms with E-state index in [2.05, 4.69) is 25.9 Å². The van der Waals surface area contributed by atoms with E-state index in [1.165, 1.54) is 26.1 Å². The van der Waals surface area contributed by atoms with Crippen LogP contribution in [0.1, 0.15) is 29.7 Å². The molecule has 0 aliphatic carbocycles. The molecule has 0 radical (unpaired) electrons. The van der Waals surface area contributed by atoms with E-state index in [0.717, 1.165) is 21.8 Å². The van der Waals surface area contributed by atoms with Crippen molar-refractivity contribution in [3.63, 3.8) is 0 Å². The number of amides is 2. The third-order valence-corrected chi connectivity index (χ3v) is 6.15. The van der Waals surface area contributed by atoms with Gasteiger partial charge >= 0.3 is 11.7 Å². The lowest BCUT2D eigenvalue weighted by atomic mass is 10.2. The first kappa shape index (κ1) is 28.6. The second-order valence-electron chi connectivity index (χ2n) is 9.17. The number of para-hydroxylation sites is 2. The number of nitrogens with zero attached hydrogens (tertiary/aromatic N) is 4. The summed E-state index contributed by atoms with van der Waals surface area (Å²) in [6, 6.07) is 11.3. The van der Waals surface area contributed by atoms with Gasteiger partial charge in [-0.2, -0.15) is 0 Å². The topological polar surface area (TPSA) is 198 Å². The van der Waals surface area contributed by atoms with Crippen molar-refractivity contribution in [3.8, 4) is 0 Å². The number of aliphatic hydroxyl groups excluding tert-OH is 1. The van der Waals surface area contributed by atoms with Gasteiger partial charge in [-0.3, -0.25) is 24.2 Å². The summed E-state index contributed by atoms with van der Waals surface area (Å²) in [7, 11) is 1.34. The van der Waals surface area contributed by atoms with Crippen molar-refractivity contribution in [1.82, 2.24) is 24.4 Å². The fraction of sp³-hybridized carbons (Fsp3) is 0.222. The first-order chi connectivity index (χ1) is 19.6. The second-order valence-corrected chi connectivity index (χ2v) is 9.17. The van der Waals surface area contributed by atoms with Crippen molar-refractivity contribution < 1.29 is 24.6 Å². The van der Waals surface area contributed by atoms with Crippen molar-refractivity contribution >= 4 is 46.0 Å². The van der Waals surface area contributed by atoms with Crippen LogP contribution in [0.15, 0.2) is 70.5 Å². The Hall–Kier alpha value is -5.37. The number of aliphatic carboxylic acids is 1. The van der Waals surface area contributed by atoms with Gasteiger partial charge in [-0.1, -0.05) is 12.1 Å². The van der Waals surface area contributed by atoms with Crippen LogP contribution in [0, 0.1) is 0 Å². The number of anilines is 3. The zero-order chi connectivity index (χ0) is 29.7. The molecule has 0 saturated heterocycles. The normalized spacial score (nSPS) is 12.4. The van der Waals surface area contributed by atoms with E-state index in [-0.39, 0.29) is 11.3 Å². The summed E-state index contributed by atoms with van der Waals surface area (Å²) in [5.74, 6) is -2.23. The van der Waals surface area contributed by atoms with Crippen LogP contribution in [-0.4, -0.2) is 59.7 Å². The Labute approximate surface area is 232 Å². The zero-order valence-corrected chi connectivity index (χ0v) is 22.1. The molecule has 0 saturated carbocycles. The maximum absolute atomic E-state index is 13.1. The van der Waals surface area contributed by atoms with Crippen LogP contribution in [0.3, 0.4) is 0 Å². The number of aromatic nitrogens is 4. The third-order valence-electron chi connectivity index (χ3n) is 6.15. The summed E-state index contributed by atoms with van der Waals surface area (Å²) in [5.41, 5.74) is 0.304. The highest BCUT2D eigenvalue weighted by Gasteiger charge is 2.25. The molecule has 212 valence electrons. The van der Waals surface area contributed by atoms with Gasteiger partial charge in [-0.15, -0.1) is 0 Å². The van der Waals surface area contributed by atoms with Crippen molar-refractivity contribution in [2.45, 2.75) is 25.4 Å². The number of hydrogen-bond donors (Lipinski definition) is 5. The van der Waals surface area contributed by atoms with E-state index in [0.29, 0.717) is 16.1 Å². The minimum Gasteiger partial charge on any atom is -0.481 e. The molecule has 5 N–H and O–H groups in total. The molecule has 0 bridgehead atoms. The van der Waals surface area contributed by atoms with E-state index in [1.54, 1.807) is 18.3 Å². The SMILES string of the molecule is C[C@H](C(=O)N[C@H](CO)CC(=O)O)n1c(=O)c(NC(=O)c2ccc(Nc3cnc4ccccc4n3)cc2)cn(C)c1=O. The average molecular weight is 562 g/mol. The predicted molar refractivity (Wildman–Crippen MR) is 149 cm³/mol. The average Bonchev–Trinajstić information content (AvgIpc) is 2.95. The highest BCUT2D eigenvalue weighted by Crippen LogP contribution is 2.18. The molecule has 14 nitrogen and oxygen atoms in total. The molecule has 2 aromatic carbocycles. The smallest absolute Gasteiger partial charge is 0.331 e. The molecule has 2 heterocycles. The first-order valence-electron chi connectivity index (χ1n) is 12.4. The Kier molecular flexibility index (Phi) is 8.53. The molecule has 0 fully saturated rings. The lowest BCUT2D eigenvalue weighted by molar-refractivity contribution is -0.138. The van der Waals surface area contributed by atoms with E-state index in [4.69, 9.17) is 5.11 Å². The number of carboxylic acids is 1. The molecular weight excluding hydrogens is 534 g/mol. The van der Waals surface area contributed by atoms with Crippen LogP contribution in [0.2, 0.25) is 0 Å². The lowest BCUT2D eigenvalue weighted by Crippen LogP contribution is -2.49. The van der Waals surface area contributed by atoms with Gasteiger partial charge in [-0.25, -0.2) is 14.3 Å². The third kappa shape index (κ3) is 6.62. The monoisotopic (exact) mass is 561 g/mol. The summed E-state index contributed by atoms with van der Waals surface area (Å²) in [4.78, 5) is 71.2. The van der Waals surface area contributed by atoms with Crippen LogP contribution >= 0.6 is 0 Å². The molecule has 41 heavy (non-hydrogen) atoms. The number of carbonyl (C=O) groups excluding carboxylic acids is 2. The molecule has 2 atom stereocenters. The van der Waals surface area contributed by atoms with Gasteiger partial charge in [-0.05, 0) is 43.3 Å². The zero-order valence-electron chi connectivity index (χ0n) is 22.1. The van der Waals surface area contributed by atoms with Gasteiger partial charge in [0.05, 0.1) is 36.3 Å². The molecule has 2 aromatic heterocycles. The Bertz CT molecular complexity index is 1730. The summed E-state index contributed by atoms with van der Waals surface area (Å²) in [6.45, 7) is 0.613. The van der Waals surface area contributed by atoms with Crippen LogP contribution in [0.4, 0.5) is 17.2 Å². The molecule has 4 rings (SSSR count). The summed E-state index contributed by atoms with van der Waals surface area (Å²) >= 11 is 0. The summed E-state index contributed by atoms with van der Waals surface area (Å²) < 4.78 is 1.66. The number of fused-ring (bicyclic) bond motifs is 1. The lowest BCUT2D eigenvalue weighted by Gasteiger charge is -2.20. The van der Waals surface area contributed by atoms with Crippen LogP contribution < -0.4 is 27.2 Å². The molecule has 14 heteroatoms. The number of aliphatic hydroxyl groups is 1. The highest BCUT2D eigenvalue weighted by atomic mass is 16.4. The molecule has 2 amide bonds. The Morgan fingerprint density at radius 3 is 2.37 bits per heavy atom. The minimum absolute atomic E-state index is 0.213. The van der Waals surface area contributed by atoms with E-state index < -0.39 is 54.1 Å². The number of rotatable bonds is 10. The van der Waals surface area contributed by atoms with Crippen LogP contribution in [0.25, 0.3) is 11.0 Å². The Balaban J connectivity index is 1.50. The Morgan fingerprint density at radius 1 is 1.02 bits per heavy atom. The first-order valence-corrected chi connectivity index (χ1v) is 12.4. The van der Waals surface area contributed by atoms with Gasteiger partial charge in [0, 0.05) is 24.5 Å².